The molecule has 0 unspecified atom stereocenters. The number of hydrogen-bond donors (Lipinski definition) is 2. The molecule has 0 aliphatic heterocycles. The Kier molecular flexibility index (Phi) is 8.03. The maximum atomic E-state index is 11.9. The first-order valence-electron chi connectivity index (χ1n) is 9.79. The first-order valence-corrected chi connectivity index (χ1v) is 10.2. The molecule has 178 valence electrons. The summed E-state index contributed by atoms with van der Waals surface area (Å²) in [5, 5.41) is 29.0. The summed E-state index contributed by atoms with van der Waals surface area (Å²) in [6, 6.07) is 15.6. The summed E-state index contributed by atoms with van der Waals surface area (Å²) in [7, 11) is 0. The summed E-state index contributed by atoms with van der Waals surface area (Å²) in [5.41, 5.74) is 2.17. The smallest absolute Gasteiger partial charge is 0.318 e. The van der Waals surface area contributed by atoms with E-state index in [1.807, 2.05) is 0 Å². The van der Waals surface area contributed by atoms with Crippen LogP contribution in [0.5, 0.6) is 11.5 Å². The Morgan fingerprint density at radius 3 is 2.40 bits per heavy atom. The molecule has 0 atom stereocenters. The lowest BCUT2D eigenvalue weighted by Gasteiger charge is -2.07. The molecule has 3 aromatic carbocycles. The van der Waals surface area contributed by atoms with E-state index in [0.717, 1.165) is 18.2 Å². The van der Waals surface area contributed by atoms with Crippen molar-refractivity contribution in [3.05, 3.63) is 97.5 Å². The SMILES string of the molecule is O=C(CC(=O)Nc1ccc(Cl)cc1)NN=Cc1cccc(Oc2ccc([N+](=O)[O-])cc2[N+](=O)[O-])c1. The number of amides is 2. The fourth-order valence-electron chi connectivity index (χ4n) is 2.74. The number of ether oxygens (including phenoxy) is 1. The monoisotopic (exact) mass is 497 g/mol. The van der Waals surface area contributed by atoms with Gasteiger partial charge in [0.25, 0.3) is 5.69 Å². The highest BCUT2D eigenvalue weighted by Gasteiger charge is 2.21. The molecule has 0 saturated heterocycles. The molecule has 0 heterocycles. The molecule has 0 radical (unpaired) electrons. The van der Waals surface area contributed by atoms with E-state index in [0.29, 0.717) is 16.3 Å². The second-order valence-electron chi connectivity index (χ2n) is 6.87. The van der Waals surface area contributed by atoms with Crippen LogP contribution in [0.15, 0.2) is 71.8 Å². The molecule has 12 nitrogen and oxygen atoms in total. The van der Waals surface area contributed by atoms with E-state index in [4.69, 9.17) is 16.3 Å². The Morgan fingerprint density at radius 2 is 1.71 bits per heavy atom. The maximum Gasteiger partial charge on any atom is 0.318 e. The Bertz CT molecular complexity index is 1310. The van der Waals surface area contributed by atoms with Crippen molar-refractivity contribution in [1.29, 1.82) is 0 Å². The molecular formula is C22H16ClN5O7. The van der Waals surface area contributed by atoms with Gasteiger partial charge in [-0.25, -0.2) is 5.43 Å². The van der Waals surface area contributed by atoms with Crippen LogP contribution in [-0.4, -0.2) is 27.9 Å². The van der Waals surface area contributed by atoms with Gasteiger partial charge in [0, 0.05) is 16.8 Å². The highest BCUT2D eigenvalue weighted by atomic mass is 35.5. The van der Waals surface area contributed by atoms with Gasteiger partial charge in [0.1, 0.15) is 12.2 Å². The molecular weight excluding hydrogens is 482 g/mol. The van der Waals surface area contributed by atoms with Gasteiger partial charge in [-0.3, -0.25) is 29.8 Å². The average molecular weight is 498 g/mol. The third-order valence-corrected chi connectivity index (χ3v) is 4.54. The summed E-state index contributed by atoms with van der Waals surface area (Å²) >= 11 is 5.78. The van der Waals surface area contributed by atoms with Crippen LogP contribution in [0.25, 0.3) is 0 Å². The topological polar surface area (TPSA) is 166 Å². The van der Waals surface area contributed by atoms with Crippen molar-refractivity contribution in [2.24, 2.45) is 5.10 Å². The molecule has 2 N–H and O–H groups in total. The molecule has 35 heavy (non-hydrogen) atoms. The normalized spacial score (nSPS) is 10.5. The van der Waals surface area contributed by atoms with Gasteiger partial charge in [0.15, 0.2) is 0 Å². The second kappa shape index (κ2) is 11.3. The van der Waals surface area contributed by atoms with Crippen LogP contribution < -0.4 is 15.5 Å². The zero-order valence-electron chi connectivity index (χ0n) is 17.7. The predicted molar refractivity (Wildman–Crippen MR) is 127 cm³/mol. The van der Waals surface area contributed by atoms with E-state index >= 15 is 0 Å². The molecule has 0 aromatic heterocycles. The standard InChI is InChI=1S/C22H16ClN5O7/c23-15-4-6-16(7-5-15)25-21(29)12-22(30)26-24-13-14-2-1-3-18(10-14)35-20-9-8-17(27(31)32)11-19(20)28(33)34/h1-11,13H,12H2,(H,25,29)(H,26,30). The van der Waals surface area contributed by atoms with Crippen LogP contribution in [0, 0.1) is 20.2 Å². The number of rotatable bonds is 9. The summed E-state index contributed by atoms with van der Waals surface area (Å²) in [6.07, 6.45) is 0.818. The van der Waals surface area contributed by atoms with Crippen molar-refractivity contribution in [3.63, 3.8) is 0 Å². The van der Waals surface area contributed by atoms with Crippen molar-refractivity contribution < 1.29 is 24.2 Å². The minimum Gasteiger partial charge on any atom is -0.450 e. The minimum atomic E-state index is -0.785. The van der Waals surface area contributed by atoms with E-state index in [1.54, 1.807) is 36.4 Å². The molecule has 0 bridgehead atoms. The number of hydrogen-bond acceptors (Lipinski definition) is 8. The van der Waals surface area contributed by atoms with Crippen LogP contribution in [-0.2, 0) is 9.59 Å². The molecule has 0 aliphatic rings. The van der Waals surface area contributed by atoms with Crippen molar-refractivity contribution in [2.45, 2.75) is 6.42 Å². The lowest BCUT2D eigenvalue weighted by Crippen LogP contribution is -2.24. The number of non-ortho nitro benzene ring substituents is 1. The number of carbonyl (C=O) groups excluding carboxylic acids is 2. The van der Waals surface area contributed by atoms with Gasteiger partial charge in [-0.1, -0.05) is 23.7 Å². The first-order chi connectivity index (χ1) is 16.7. The summed E-state index contributed by atoms with van der Waals surface area (Å²) < 4.78 is 5.52. The van der Waals surface area contributed by atoms with Crippen LogP contribution >= 0.6 is 11.6 Å². The fourth-order valence-corrected chi connectivity index (χ4v) is 2.86. The van der Waals surface area contributed by atoms with Crippen molar-refractivity contribution in [1.82, 2.24) is 5.43 Å². The fraction of sp³-hybridized carbons (Fsp3) is 0.0455. The van der Waals surface area contributed by atoms with Gasteiger partial charge >= 0.3 is 5.69 Å². The quantitative estimate of drug-likeness (QED) is 0.191. The summed E-state index contributed by atoms with van der Waals surface area (Å²) in [6.45, 7) is 0. The Labute approximate surface area is 202 Å². The van der Waals surface area contributed by atoms with E-state index in [2.05, 4.69) is 15.8 Å². The molecule has 0 aliphatic carbocycles. The minimum absolute atomic E-state index is 0.185. The summed E-state index contributed by atoms with van der Waals surface area (Å²) in [4.78, 5) is 44.5. The number of halogens is 1. The predicted octanol–water partition coefficient (Wildman–Crippen LogP) is 4.43. The lowest BCUT2D eigenvalue weighted by molar-refractivity contribution is -0.394. The van der Waals surface area contributed by atoms with Crippen molar-refractivity contribution in [3.8, 4) is 11.5 Å². The highest BCUT2D eigenvalue weighted by Crippen LogP contribution is 2.34. The number of nitro groups is 2. The number of hydrazone groups is 1. The van der Waals surface area contributed by atoms with Crippen LogP contribution in [0.3, 0.4) is 0 Å². The van der Waals surface area contributed by atoms with E-state index in [-0.39, 0.29) is 11.5 Å². The number of benzene rings is 3. The van der Waals surface area contributed by atoms with Gasteiger partial charge in [0.05, 0.1) is 22.1 Å². The summed E-state index contributed by atoms with van der Waals surface area (Å²) in [5.74, 6) is -1.18. The molecule has 0 saturated carbocycles. The lowest BCUT2D eigenvalue weighted by atomic mass is 10.2. The number of nitrogens with zero attached hydrogens (tertiary/aromatic N) is 3. The third kappa shape index (κ3) is 7.33. The second-order valence-corrected chi connectivity index (χ2v) is 7.30. The molecule has 3 aromatic rings. The van der Waals surface area contributed by atoms with Gasteiger partial charge in [-0.2, -0.15) is 5.10 Å². The molecule has 3 rings (SSSR count). The number of nitrogens with one attached hydrogen (secondary N) is 2. The third-order valence-electron chi connectivity index (χ3n) is 4.29. The Balaban J connectivity index is 1.59. The number of anilines is 1. The van der Waals surface area contributed by atoms with Crippen LogP contribution in [0.4, 0.5) is 17.1 Å². The largest absolute Gasteiger partial charge is 0.450 e. The Hall–Kier alpha value is -4.84. The molecule has 13 heteroatoms. The first kappa shape index (κ1) is 24.8. The van der Waals surface area contributed by atoms with E-state index < -0.39 is 39.5 Å². The molecule has 0 fully saturated rings. The van der Waals surface area contributed by atoms with Crippen molar-refractivity contribution in [2.75, 3.05) is 5.32 Å². The van der Waals surface area contributed by atoms with E-state index in [1.165, 1.54) is 18.3 Å². The molecule has 2 amide bonds. The van der Waals surface area contributed by atoms with Gasteiger partial charge in [-0.05, 0) is 48.0 Å². The zero-order valence-corrected chi connectivity index (χ0v) is 18.5. The maximum absolute atomic E-state index is 11.9. The highest BCUT2D eigenvalue weighted by molar-refractivity contribution is 6.30. The van der Waals surface area contributed by atoms with Gasteiger partial charge < -0.3 is 10.1 Å². The van der Waals surface area contributed by atoms with E-state index in [9.17, 15) is 29.8 Å². The van der Waals surface area contributed by atoms with Gasteiger partial charge in [0.2, 0.25) is 17.6 Å². The van der Waals surface area contributed by atoms with Crippen LogP contribution in [0.2, 0.25) is 5.02 Å². The van der Waals surface area contributed by atoms with Crippen LogP contribution in [0.1, 0.15) is 12.0 Å². The Morgan fingerprint density at radius 1 is 0.971 bits per heavy atom. The number of nitro benzene ring substituents is 2. The molecule has 0 spiro atoms. The average Bonchev–Trinajstić information content (AvgIpc) is 2.80. The number of carbonyl (C=O) groups is 2. The zero-order chi connectivity index (χ0) is 25.4. The van der Waals surface area contributed by atoms with Crippen molar-refractivity contribution >= 4 is 46.7 Å². The van der Waals surface area contributed by atoms with Gasteiger partial charge in [-0.15, -0.1) is 0 Å².